The topological polar surface area (TPSA) is 55.4 Å². The molecule has 60 valence electrons. The molecule has 3 heteroatoms. The maximum Gasteiger partial charge on any atom is 0.101 e. The average molecular weight is 159 g/mol. The summed E-state index contributed by atoms with van der Waals surface area (Å²) >= 11 is 0. The molecule has 0 fully saturated rings. The number of rotatable bonds is 2. The minimum atomic E-state index is 0.491. The molecule has 0 aliphatic carbocycles. The number of hydrogen-bond acceptors (Lipinski definition) is 1. The highest BCUT2D eigenvalue weighted by Crippen LogP contribution is 2.04. The van der Waals surface area contributed by atoms with Crippen molar-refractivity contribution in [2.45, 2.75) is 0 Å². The molecule has 0 spiro atoms. The second-order valence-electron chi connectivity index (χ2n) is 2.54. The van der Waals surface area contributed by atoms with E-state index >= 15 is 0 Å². The van der Waals surface area contributed by atoms with Gasteiger partial charge in [-0.15, -0.1) is 0 Å². The van der Waals surface area contributed by atoms with Crippen molar-refractivity contribution in [3.05, 3.63) is 48.0 Å². The van der Waals surface area contributed by atoms with Crippen LogP contribution < -0.4 is 0 Å². The first-order valence-corrected chi connectivity index (χ1v) is 3.74. The van der Waals surface area contributed by atoms with Gasteiger partial charge in [-0.25, -0.2) is 0 Å². The van der Waals surface area contributed by atoms with E-state index in [9.17, 15) is 0 Å². The fourth-order valence-electron chi connectivity index (χ4n) is 1.12. The molecule has 2 aromatic rings. The Morgan fingerprint density at radius 3 is 1.83 bits per heavy atom. The van der Waals surface area contributed by atoms with Crippen LogP contribution in [0.5, 0.6) is 0 Å². The molecule has 0 saturated carbocycles. The van der Waals surface area contributed by atoms with E-state index in [-0.39, 0.29) is 0 Å². The number of hydrogen-bond donors (Lipinski definition) is 3. The van der Waals surface area contributed by atoms with Gasteiger partial charge < -0.3 is 9.97 Å². The van der Waals surface area contributed by atoms with E-state index in [1.807, 2.05) is 36.7 Å². The van der Waals surface area contributed by atoms with Gasteiger partial charge in [0.15, 0.2) is 0 Å². The van der Waals surface area contributed by atoms with Crippen LogP contribution in [0.4, 0.5) is 0 Å². The predicted octanol–water partition coefficient (Wildman–Crippen LogP) is 1.76. The standard InChI is InChI=1S/C9H9N3/c10-9(7-3-1-5-11-7)8-4-2-6-12-8/h1-6,10-12H. The Balaban J connectivity index is 2.34. The summed E-state index contributed by atoms with van der Waals surface area (Å²) in [6.45, 7) is 0. The van der Waals surface area contributed by atoms with Gasteiger partial charge in [0.2, 0.25) is 0 Å². The van der Waals surface area contributed by atoms with Gasteiger partial charge in [-0.3, -0.25) is 5.41 Å². The Labute approximate surface area is 70.0 Å². The lowest BCUT2D eigenvalue weighted by atomic mass is 10.2. The molecule has 0 aliphatic heterocycles. The van der Waals surface area contributed by atoms with E-state index in [1.165, 1.54) is 0 Å². The molecule has 0 aromatic carbocycles. The number of aromatic amines is 2. The van der Waals surface area contributed by atoms with Crippen LogP contribution in [0.15, 0.2) is 36.7 Å². The third-order valence-electron chi connectivity index (χ3n) is 1.73. The predicted molar refractivity (Wildman–Crippen MR) is 47.5 cm³/mol. The van der Waals surface area contributed by atoms with Crippen LogP contribution in [0.3, 0.4) is 0 Å². The molecule has 2 rings (SSSR count). The first-order chi connectivity index (χ1) is 5.88. The summed E-state index contributed by atoms with van der Waals surface area (Å²) in [6.07, 6.45) is 3.62. The fraction of sp³-hybridized carbons (Fsp3) is 0. The molecular formula is C9H9N3. The zero-order valence-electron chi connectivity index (χ0n) is 6.46. The van der Waals surface area contributed by atoms with Crippen molar-refractivity contribution in [3.8, 4) is 0 Å². The van der Waals surface area contributed by atoms with E-state index < -0.39 is 0 Å². The van der Waals surface area contributed by atoms with E-state index in [4.69, 9.17) is 5.41 Å². The Morgan fingerprint density at radius 2 is 1.50 bits per heavy atom. The van der Waals surface area contributed by atoms with Crippen LogP contribution in [0, 0.1) is 5.41 Å². The monoisotopic (exact) mass is 159 g/mol. The van der Waals surface area contributed by atoms with E-state index in [0.717, 1.165) is 11.4 Å². The molecule has 3 nitrogen and oxygen atoms in total. The normalized spacial score (nSPS) is 10.0. The van der Waals surface area contributed by atoms with Crippen LogP contribution in [0.2, 0.25) is 0 Å². The average Bonchev–Trinajstić information content (AvgIpc) is 2.77. The first kappa shape index (κ1) is 6.91. The molecule has 2 aromatic heterocycles. The van der Waals surface area contributed by atoms with Crippen LogP contribution in [-0.4, -0.2) is 15.7 Å². The number of aromatic nitrogens is 2. The van der Waals surface area contributed by atoms with Gasteiger partial charge in [-0.05, 0) is 24.3 Å². The smallest absolute Gasteiger partial charge is 0.101 e. The fourth-order valence-corrected chi connectivity index (χ4v) is 1.12. The second-order valence-corrected chi connectivity index (χ2v) is 2.54. The summed E-state index contributed by atoms with van der Waals surface area (Å²) in [4.78, 5) is 5.96. The summed E-state index contributed by atoms with van der Waals surface area (Å²) in [5.41, 5.74) is 2.15. The SMILES string of the molecule is N=C(c1ccc[nH]1)c1ccc[nH]1. The Morgan fingerprint density at radius 1 is 1.00 bits per heavy atom. The summed E-state index contributed by atoms with van der Waals surface area (Å²) < 4.78 is 0. The molecule has 0 unspecified atom stereocenters. The van der Waals surface area contributed by atoms with E-state index in [2.05, 4.69) is 9.97 Å². The second kappa shape index (κ2) is 2.70. The maximum absolute atomic E-state index is 7.74. The van der Waals surface area contributed by atoms with Crippen LogP contribution in [0.1, 0.15) is 11.4 Å². The summed E-state index contributed by atoms with van der Waals surface area (Å²) in [5, 5.41) is 7.74. The van der Waals surface area contributed by atoms with Crippen LogP contribution in [0.25, 0.3) is 0 Å². The quantitative estimate of drug-likeness (QED) is 0.559. The molecule has 0 amide bonds. The zero-order chi connectivity index (χ0) is 8.39. The largest absolute Gasteiger partial charge is 0.360 e. The minimum absolute atomic E-state index is 0.491. The summed E-state index contributed by atoms with van der Waals surface area (Å²) in [6, 6.07) is 7.52. The van der Waals surface area contributed by atoms with Gasteiger partial charge in [0, 0.05) is 12.4 Å². The highest BCUT2D eigenvalue weighted by Gasteiger charge is 2.04. The van der Waals surface area contributed by atoms with Crippen molar-refractivity contribution < 1.29 is 0 Å². The first-order valence-electron chi connectivity index (χ1n) is 3.74. The van der Waals surface area contributed by atoms with Crippen molar-refractivity contribution in [2.75, 3.05) is 0 Å². The van der Waals surface area contributed by atoms with Gasteiger partial charge in [-0.2, -0.15) is 0 Å². The molecular weight excluding hydrogens is 150 g/mol. The molecule has 0 bridgehead atoms. The van der Waals surface area contributed by atoms with Gasteiger partial charge in [-0.1, -0.05) is 0 Å². The van der Waals surface area contributed by atoms with Gasteiger partial charge in [0.25, 0.3) is 0 Å². The molecule has 3 N–H and O–H groups in total. The lowest BCUT2D eigenvalue weighted by Gasteiger charge is -1.96. The van der Waals surface area contributed by atoms with E-state index in [1.54, 1.807) is 0 Å². The Kier molecular flexibility index (Phi) is 1.55. The van der Waals surface area contributed by atoms with Crippen molar-refractivity contribution in [1.82, 2.24) is 9.97 Å². The molecule has 0 radical (unpaired) electrons. The van der Waals surface area contributed by atoms with Crippen LogP contribution >= 0.6 is 0 Å². The van der Waals surface area contributed by atoms with Crippen LogP contribution in [-0.2, 0) is 0 Å². The van der Waals surface area contributed by atoms with Crippen molar-refractivity contribution in [1.29, 1.82) is 5.41 Å². The lowest BCUT2D eigenvalue weighted by molar-refractivity contribution is 1.29. The van der Waals surface area contributed by atoms with Crippen molar-refractivity contribution in [2.24, 2.45) is 0 Å². The Hall–Kier alpha value is -1.77. The Bertz CT molecular complexity index is 320. The summed E-state index contributed by atoms with van der Waals surface area (Å²) in [5.74, 6) is 0. The highest BCUT2D eigenvalue weighted by molar-refractivity contribution is 6.08. The molecule has 12 heavy (non-hydrogen) atoms. The van der Waals surface area contributed by atoms with Gasteiger partial charge in [0.1, 0.15) is 5.71 Å². The van der Waals surface area contributed by atoms with Crippen molar-refractivity contribution in [3.63, 3.8) is 0 Å². The number of nitrogens with one attached hydrogen (secondary N) is 3. The number of H-pyrrole nitrogens is 2. The molecule has 0 atom stereocenters. The van der Waals surface area contributed by atoms with E-state index in [0.29, 0.717) is 5.71 Å². The maximum atomic E-state index is 7.74. The highest BCUT2D eigenvalue weighted by atomic mass is 14.8. The minimum Gasteiger partial charge on any atom is -0.360 e. The zero-order valence-corrected chi connectivity index (χ0v) is 6.46. The third kappa shape index (κ3) is 1.05. The molecule has 0 aliphatic rings. The lowest BCUT2D eigenvalue weighted by Crippen LogP contribution is -2.01. The third-order valence-corrected chi connectivity index (χ3v) is 1.73. The van der Waals surface area contributed by atoms with Gasteiger partial charge >= 0.3 is 0 Å². The van der Waals surface area contributed by atoms with Crippen molar-refractivity contribution >= 4 is 5.71 Å². The summed E-state index contributed by atoms with van der Waals surface area (Å²) in [7, 11) is 0. The molecule has 2 heterocycles. The van der Waals surface area contributed by atoms with Gasteiger partial charge in [0.05, 0.1) is 11.4 Å². The molecule has 0 saturated heterocycles.